The zero-order chi connectivity index (χ0) is 13.8. The fraction of sp³-hybridized carbons (Fsp3) is 0.143. The highest BCUT2D eigenvalue weighted by atomic mass is 19.1. The van der Waals surface area contributed by atoms with Crippen molar-refractivity contribution in [3.8, 4) is 11.1 Å². The summed E-state index contributed by atoms with van der Waals surface area (Å²) in [7, 11) is 0. The highest BCUT2D eigenvalue weighted by Crippen LogP contribution is 2.22. The fourth-order valence-electron chi connectivity index (χ4n) is 1.55. The van der Waals surface area contributed by atoms with E-state index in [0.29, 0.717) is 16.9 Å². The van der Waals surface area contributed by atoms with Crippen molar-refractivity contribution in [2.24, 2.45) is 0 Å². The zero-order valence-corrected chi connectivity index (χ0v) is 10.3. The summed E-state index contributed by atoms with van der Waals surface area (Å²) < 4.78 is 13.6. The van der Waals surface area contributed by atoms with Gasteiger partial charge in [-0.05, 0) is 25.1 Å². The first-order valence-electron chi connectivity index (χ1n) is 5.78. The first-order chi connectivity index (χ1) is 9.08. The molecule has 1 amide bonds. The smallest absolute Gasteiger partial charge is 0.254 e. The van der Waals surface area contributed by atoms with Gasteiger partial charge in [-0.25, -0.2) is 9.37 Å². The normalized spacial score (nSPS) is 11.9. The number of rotatable bonds is 3. The largest absolute Gasteiger partial charge is 0.384 e. The Hall–Kier alpha value is -2.27. The van der Waals surface area contributed by atoms with E-state index in [2.05, 4.69) is 10.3 Å². The second-order valence-corrected chi connectivity index (χ2v) is 4.08. The van der Waals surface area contributed by atoms with Crippen LogP contribution in [0, 0.1) is 5.82 Å². The lowest BCUT2D eigenvalue weighted by molar-refractivity contribution is -0.123. The number of amides is 1. The van der Waals surface area contributed by atoms with Gasteiger partial charge in [0.1, 0.15) is 17.7 Å². The Labute approximate surface area is 109 Å². The SMILES string of the molecule is CC(O)C(=O)Nc1ccc(-c2ccccc2F)cn1. The maximum absolute atomic E-state index is 13.6. The van der Waals surface area contributed by atoms with E-state index in [4.69, 9.17) is 5.11 Å². The Balaban J connectivity index is 2.20. The molecule has 0 spiro atoms. The molecule has 0 radical (unpaired) electrons. The van der Waals surface area contributed by atoms with Gasteiger partial charge in [-0.1, -0.05) is 18.2 Å². The highest BCUT2D eigenvalue weighted by Gasteiger charge is 2.10. The molecule has 0 aliphatic carbocycles. The van der Waals surface area contributed by atoms with Gasteiger partial charge in [0.2, 0.25) is 0 Å². The maximum atomic E-state index is 13.6. The third-order valence-corrected chi connectivity index (χ3v) is 2.58. The number of halogens is 1. The van der Waals surface area contributed by atoms with Crippen molar-refractivity contribution in [1.29, 1.82) is 0 Å². The summed E-state index contributed by atoms with van der Waals surface area (Å²) in [5.41, 5.74) is 1.07. The molecule has 0 bridgehead atoms. The van der Waals surface area contributed by atoms with Gasteiger partial charge in [-0.2, -0.15) is 0 Å². The number of anilines is 1. The van der Waals surface area contributed by atoms with E-state index in [1.807, 2.05) is 0 Å². The summed E-state index contributed by atoms with van der Waals surface area (Å²) in [4.78, 5) is 15.3. The Kier molecular flexibility index (Phi) is 3.87. The van der Waals surface area contributed by atoms with Crippen LogP contribution in [-0.4, -0.2) is 22.1 Å². The van der Waals surface area contributed by atoms with Crippen LogP contribution in [0.4, 0.5) is 10.2 Å². The molecule has 2 aromatic rings. The van der Waals surface area contributed by atoms with Gasteiger partial charge < -0.3 is 10.4 Å². The van der Waals surface area contributed by atoms with Gasteiger partial charge in [0.15, 0.2) is 0 Å². The number of aliphatic hydroxyl groups is 1. The van der Waals surface area contributed by atoms with Crippen LogP contribution in [0.3, 0.4) is 0 Å². The summed E-state index contributed by atoms with van der Waals surface area (Å²) in [6.07, 6.45) is 0.365. The maximum Gasteiger partial charge on any atom is 0.254 e. The monoisotopic (exact) mass is 260 g/mol. The third kappa shape index (κ3) is 3.14. The average Bonchev–Trinajstić information content (AvgIpc) is 2.40. The molecule has 5 heteroatoms. The molecule has 0 aliphatic rings. The topological polar surface area (TPSA) is 62.2 Å². The Morgan fingerprint density at radius 1 is 1.32 bits per heavy atom. The van der Waals surface area contributed by atoms with E-state index in [1.54, 1.807) is 30.3 Å². The summed E-state index contributed by atoms with van der Waals surface area (Å²) in [5.74, 6) is -0.554. The van der Waals surface area contributed by atoms with Gasteiger partial charge in [0, 0.05) is 17.3 Å². The van der Waals surface area contributed by atoms with Crippen LogP contribution >= 0.6 is 0 Å². The number of carbonyl (C=O) groups is 1. The number of nitrogens with zero attached hydrogens (tertiary/aromatic N) is 1. The van der Waals surface area contributed by atoms with Crippen molar-refractivity contribution in [3.05, 3.63) is 48.4 Å². The van der Waals surface area contributed by atoms with Crippen molar-refractivity contribution >= 4 is 11.7 Å². The molecule has 19 heavy (non-hydrogen) atoms. The number of carbonyl (C=O) groups excluding carboxylic acids is 1. The van der Waals surface area contributed by atoms with Crippen LogP contribution < -0.4 is 5.32 Å². The second kappa shape index (κ2) is 5.58. The summed E-state index contributed by atoms with van der Waals surface area (Å²) in [6.45, 7) is 1.36. The number of benzene rings is 1. The molecule has 98 valence electrons. The third-order valence-electron chi connectivity index (χ3n) is 2.58. The molecule has 2 N–H and O–H groups in total. The van der Waals surface area contributed by atoms with Crippen molar-refractivity contribution in [2.75, 3.05) is 5.32 Å². The summed E-state index contributed by atoms with van der Waals surface area (Å²) in [6, 6.07) is 9.59. The fourth-order valence-corrected chi connectivity index (χ4v) is 1.55. The number of nitrogens with one attached hydrogen (secondary N) is 1. The van der Waals surface area contributed by atoms with Crippen LogP contribution in [0.5, 0.6) is 0 Å². The van der Waals surface area contributed by atoms with Crippen LogP contribution in [0.2, 0.25) is 0 Å². The molecule has 2 rings (SSSR count). The quantitative estimate of drug-likeness (QED) is 0.889. The molecule has 0 saturated heterocycles. The predicted molar refractivity (Wildman–Crippen MR) is 69.9 cm³/mol. The molecule has 4 nitrogen and oxygen atoms in total. The van der Waals surface area contributed by atoms with Crippen molar-refractivity contribution in [3.63, 3.8) is 0 Å². The number of hydrogen-bond donors (Lipinski definition) is 2. The van der Waals surface area contributed by atoms with E-state index in [-0.39, 0.29) is 5.82 Å². The zero-order valence-electron chi connectivity index (χ0n) is 10.3. The average molecular weight is 260 g/mol. The number of pyridine rings is 1. The molecule has 1 atom stereocenters. The van der Waals surface area contributed by atoms with Gasteiger partial charge in [-0.15, -0.1) is 0 Å². The predicted octanol–water partition coefficient (Wildman–Crippen LogP) is 2.21. The molecule has 1 unspecified atom stereocenters. The van der Waals surface area contributed by atoms with Gasteiger partial charge in [0.05, 0.1) is 0 Å². The van der Waals surface area contributed by atoms with Crippen molar-refractivity contribution in [1.82, 2.24) is 4.98 Å². The number of aliphatic hydroxyl groups excluding tert-OH is 1. The molecule has 0 fully saturated rings. The molecule has 1 aromatic carbocycles. The summed E-state index contributed by atoms with van der Waals surface area (Å²) >= 11 is 0. The summed E-state index contributed by atoms with van der Waals surface area (Å²) in [5, 5.41) is 11.5. The minimum atomic E-state index is -1.10. The van der Waals surface area contributed by atoms with Crippen LogP contribution in [-0.2, 0) is 4.79 Å². The van der Waals surface area contributed by atoms with E-state index < -0.39 is 12.0 Å². The van der Waals surface area contributed by atoms with E-state index >= 15 is 0 Å². The second-order valence-electron chi connectivity index (χ2n) is 4.08. The first-order valence-corrected chi connectivity index (χ1v) is 5.78. The number of hydrogen-bond acceptors (Lipinski definition) is 3. The molecular weight excluding hydrogens is 247 g/mol. The number of aromatic nitrogens is 1. The van der Waals surface area contributed by atoms with Crippen molar-refractivity contribution < 1.29 is 14.3 Å². The first kappa shape index (κ1) is 13.2. The molecule has 0 saturated carbocycles. The van der Waals surface area contributed by atoms with Gasteiger partial charge in [0.25, 0.3) is 5.91 Å². The molecular formula is C14H13FN2O2. The highest BCUT2D eigenvalue weighted by molar-refractivity contribution is 5.92. The Morgan fingerprint density at radius 3 is 2.63 bits per heavy atom. The Morgan fingerprint density at radius 2 is 2.05 bits per heavy atom. The molecule has 1 heterocycles. The Bertz CT molecular complexity index is 582. The lowest BCUT2D eigenvalue weighted by Gasteiger charge is -2.07. The minimum Gasteiger partial charge on any atom is -0.384 e. The lowest BCUT2D eigenvalue weighted by Crippen LogP contribution is -2.24. The van der Waals surface area contributed by atoms with Gasteiger partial charge >= 0.3 is 0 Å². The van der Waals surface area contributed by atoms with Crippen LogP contribution in [0.25, 0.3) is 11.1 Å². The minimum absolute atomic E-state index is 0.311. The van der Waals surface area contributed by atoms with Gasteiger partial charge in [-0.3, -0.25) is 4.79 Å². The van der Waals surface area contributed by atoms with E-state index in [1.165, 1.54) is 19.2 Å². The standard InChI is InChI=1S/C14H13FN2O2/c1-9(18)14(19)17-13-7-6-10(8-16-13)11-4-2-3-5-12(11)15/h2-9,18H,1H3,(H,16,17,19). The molecule has 1 aromatic heterocycles. The molecule has 0 aliphatic heterocycles. The van der Waals surface area contributed by atoms with Crippen LogP contribution in [0.1, 0.15) is 6.92 Å². The van der Waals surface area contributed by atoms with E-state index in [0.717, 1.165) is 0 Å². The van der Waals surface area contributed by atoms with Crippen LogP contribution in [0.15, 0.2) is 42.6 Å². The lowest BCUT2D eigenvalue weighted by atomic mass is 10.1. The van der Waals surface area contributed by atoms with Crippen molar-refractivity contribution in [2.45, 2.75) is 13.0 Å². The van der Waals surface area contributed by atoms with E-state index in [9.17, 15) is 9.18 Å².